The molecule has 0 N–H and O–H groups in total. The molecule has 2 unspecified atom stereocenters. The summed E-state index contributed by atoms with van der Waals surface area (Å²) in [4.78, 5) is 0. The quantitative estimate of drug-likeness (QED) is 0.141. The SMILES string of the molecule is CC(C)CCCC(C)CCOCCCCOCCCCOCCC(C)CCCC(C)C. The fourth-order valence-electron chi connectivity index (χ4n) is 3.73. The van der Waals surface area contributed by atoms with E-state index in [9.17, 15) is 0 Å². The fourth-order valence-corrected chi connectivity index (χ4v) is 3.73. The lowest BCUT2D eigenvalue weighted by atomic mass is 9.98. The van der Waals surface area contributed by atoms with Crippen LogP contribution in [0.3, 0.4) is 0 Å². The van der Waals surface area contributed by atoms with Crippen molar-refractivity contribution in [2.45, 2.75) is 119 Å². The molecule has 0 aromatic rings. The average molecular weight is 443 g/mol. The number of hydrogen-bond acceptors (Lipinski definition) is 3. The normalized spacial score (nSPS) is 13.9. The highest BCUT2D eigenvalue weighted by atomic mass is 16.5. The zero-order valence-electron chi connectivity index (χ0n) is 22.3. The molecule has 0 aromatic heterocycles. The van der Waals surface area contributed by atoms with Crippen molar-refractivity contribution in [3.05, 3.63) is 0 Å². The third kappa shape index (κ3) is 26.0. The second kappa shape index (κ2) is 23.1. The highest BCUT2D eigenvalue weighted by Crippen LogP contribution is 2.16. The molecule has 0 amide bonds. The summed E-state index contributed by atoms with van der Waals surface area (Å²) in [6.45, 7) is 19.3. The van der Waals surface area contributed by atoms with Gasteiger partial charge < -0.3 is 14.2 Å². The number of unbranched alkanes of at least 4 members (excludes halogenated alkanes) is 2. The van der Waals surface area contributed by atoms with Gasteiger partial charge in [-0.1, -0.05) is 80.1 Å². The van der Waals surface area contributed by atoms with Gasteiger partial charge >= 0.3 is 0 Å². The van der Waals surface area contributed by atoms with Gasteiger partial charge in [-0.15, -0.1) is 0 Å². The number of hydrogen-bond donors (Lipinski definition) is 0. The van der Waals surface area contributed by atoms with Crippen molar-refractivity contribution in [2.75, 3.05) is 39.6 Å². The Morgan fingerprint density at radius 1 is 0.355 bits per heavy atom. The number of ether oxygens (including phenoxy) is 3. The maximum Gasteiger partial charge on any atom is 0.0468 e. The molecule has 0 saturated heterocycles. The number of rotatable bonds is 24. The van der Waals surface area contributed by atoms with Crippen LogP contribution in [0.4, 0.5) is 0 Å². The predicted molar refractivity (Wildman–Crippen MR) is 136 cm³/mol. The molecule has 3 heteroatoms. The molecule has 2 atom stereocenters. The van der Waals surface area contributed by atoms with Crippen LogP contribution in [0.2, 0.25) is 0 Å². The molecule has 0 aliphatic heterocycles. The Hall–Kier alpha value is -0.120. The summed E-state index contributed by atoms with van der Waals surface area (Å²) in [6.07, 6.45) is 15.0. The Labute approximate surface area is 196 Å². The van der Waals surface area contributed by atoms with Crippen LogP contribution in [0.1, 0.15) is 119 Å². The van der Waals surface area contributed by atoms with Gasteiger partial charge in [0.15, 0.2) is 0 Å². The molecule has 31 heavy (non-hydrogen) atoms. The first kappa shape index (κ1) is 30.9. The van der Waals surface area contributed by atoms with E-state index in [4.69, 9.17) is 14.2 Å². The summed E-state index contributed by atoms with van der Waals surface area (Å²) in [5.74, 6) is 3.26. The van der Waals surface area contributed by atoms with Gasteiger partial charge in [0.25, 0.3) is 0 Å². The van der Waals surface area contributed by atoms with Gasteiger partial charge in [-0.25, -0.2) is 0 Å². The molecule has 0 radical (unpaired) electrons. The van der Waals surface area contributed by atoms with Crippen molar-refractivity contribution in [3.63, 3.8) is 0 Å². The third-order valence-electron chi connectivity index (χ3n) is 6.12. The van der Waals surface area contributed by atoms with E-state index in [2.05, 4.69) is 41.5 Å². The van der Waals surface area contributed by atoms with Crippen LogP contribution in [0.15, 0.2) is 0 Å². The summed E-state index contributed by atoms with van der Waals surface area (Å²) in [7, 11) is 0. The molecule has 0 aromatic carbocycles. The van der Waals surface area contributed by atoms with Crippen molar-refractivity contribution in [2.24, 2.45) is 23.7 Å². The Bertz CT molecular complexity index is 311. The smallest absolute Gasteiger partial charge is 0.0468 e. The van der Waals surface area contributed by atoms with Gasteiger partial charge in [-0.3, -0.25) is 0 Å². The molecular formula is C28H58O3. The van der Waals surface area contributed by atoms with Gasteiger partial charge in [-0.05, 0) is 62.2 Å². The van der Waals surface area contributed by atoms with E-state index in [0.29, 0.717) is 0 Å². The standard InChI is InChI=1S/C28H58O3/c1-25(2)13-11-15-27(5)17-23-30-21-9-7-19-29-20-8-10-22-31-24-18-28(6)16-12-14-26(3)4/h25-28H,7-24H2,1-6H3. The lowest BCUT2D eigenvalue weighted by Gasteiger charge is -2.12. The fraction of sp³-hybridized carbons (Fsp3) is 1.00. The van der Waals surface area contributed by atoms with Gasteiger partial charge in [0, 0.05) is 39.6 Å². The highest BCUT2D eigenvalue weighted by Gasteiger charge is 2.04. The monoisotopic (exact) mass is 442 g/mol. The first-order chi connectivity index (χ1) is 14.9. The molecular weight excluding hydrogens is 384 g/mol. The molecule has 0 bridgehead atoms. The summed E-state index contributed by atoms with van der Waals surface area (Å²) in [6, 6.07) is 0. The average Bonchev–Trinajstić information content (AvgIpc) is 2.70. The van der Waals surface area contributed by atoms with E-state index in [1.54, 1.807) is 0 Å². The van der Waals surface area contributed by atoms with Crippen LogP contribution in [0.25, 0.3) is 0 Å². The molecule has 0 spiro atoms. The van der Waals surface area contributed by atoms with E-state index in [1.807, 2.05) is 0 Å². The minimum absolute atomic E-state index is 0.796. The summed E-state index contributed by atoms with van der Waals surface area (Å²) in [5, 5.41) is 0. The lowest BCUT2D eigenvalue weighted by molar-refractivity contribution is 0.0851. The zero-order valence-corrected chi connectivity index (χ0v) is 22.3. The van der Waals surface area contributed by atoms with E-state index in [0.717, 1.165) is 89.0 Å². The van der Waals surface area contributed by atoms with Crippen molar-refractivity contribution in [1.29, 1.82) is 0 Å². The van der Waals surface area contributed by atoms with Crippen LogP contribution in [-0.4, -0.2) is 39.6 Å². The highest BCUT2D eigenvalue weighted by molar-refractivity contribution is 4.56. The summed E-state index contributed by atoms with van der Waals surface area (Å²) < 4.78 is 17.3. The summed E-state index contributed by atoms with van der Waals surface area (Å²) >= 11 is 0. The first-order valence-corrected chi connectivity index (χ1v) is 13.6. The Kier molecular flexibility index (Phi) is 23.0. The molecule has 0 saturated carbocycles. The molecule has 3 nitrogen and oxygen atoms in total. The first-order valence-electron chi connectivity index (χ1n) is 13.6. The maximum atomic E-state index is 5.79. The predicted octanol–water partition coefficient (Wildman–Crippen LogP) is 8.30. The largest absolute Gasteiger partial charge is 0.381 e. The van der Waals surface area contributed by atoms with Crippen LogP contribution in [0.5, 0.6) is 0 Å². The second-order valence-corrected chi connectivity index (χ2v) is 10.7. The van der Waals surface area contributed by atoms with Gasteiger partial charge in [0.2, 0.25) is 0 Å². The van der Waals surface area contributed by atoms with Crippen molar-refractivity contribution < 1.29 is 14.2 Å². The van der Waals surface area contributed by atoms with Crippen LogP contribution in [-0.2, 0) is 14.2 Å². The molecule has 0 fully saturated rings. The molecule has 0 rings (SSSR count). The van der Waals surface area contributed by atoms with Crippen molar-refractivity contribution >= 4 is 0 Å². The zero-order chi connectivity index (χ0) is 23.2. The van der Waals surface area contributed by atoms with E-state index in [1.165, 1.54) is 51.4 Å². The summed E-state index contributed by atoms with van der Waals surface area (Å²) in [5.41, 5.74) is 0. The Morgan fingerprint density at radius 2 is 0.677 bits per heavy atom. The van der Waals surface area contributed by atoms with Gasteiger partial charge in [0.05, 0.1) is 0 Å². The lowest BCUT2D eigenvalue weighted by Crippen LogP contribution is -2.06. The second-order valence-electron chi connectivity index (χ2n) is 10.7. The van der Waals surface area contributed by atoms with Crippen molar-refractivity contribution in [3.8, 4) is 0 Å². The topological polar surface area (TPSA) is 27.7 Å². The Balaban J connectivity index is 3.18. The van der Waals surface area contributed by atoms with Gasteiger partial charge in [0.1, 0.15) is 0 Å². The van der Waals surface area contributed by atoms with E-state index in [-0.39, 0.29) is 0 Å². The van der Waals surface area contributed by atoms with Crippen LogP contribution >= 0.6 is 0 Å². The van der Waals surface area contributed by atoms with Crippen LogP contribution < -0.4 is 0 Å². The minimum atomic E-state index is 0.796. The molecule has 0 aliphatic carbocycles. The van der Waals surface area contributed by atoms with E-state index < -0.39 is 0 Å². The molecule has 188 valence electrons. The van der Waals surface area contributed by atoms with E-state index >= 15 is 0 Å². The van der Waals surface area contributed by atoms with Gasteiger partial charge in [-0.2, -0.15) is 0 Å². The molecule has 0 heterocycles. The maximum absolute atomic E-state index is 5.79. The minimum Gasteiger partial charge on any atom is -0.381 e. The Morgan fingerprint density at radius 3 is 1.00 bits per heavy atom. The van der Waals surface area contributed by atoms with Crippen molar-refractivity contribution in [1.82, 2.24) is 0 Å². The third-order valence-corrected chi connectivity index (χ3v) is 6.12. The van der Waals surface area contributed by atoms with Crippen LogP contribution in [0, 0.1) is 23.7 Å². The molecule has 0 aliphatic rings.